The Labute approximate surface area is 87.6 Å². The number of thiophene rings is 1. The predicted molar refractivity (Wildman–Crippen MR) is 57.4 cm³/mol. The minimum atomic E-state index is -0.757. The van der Waals surface area contributed by atoms with Crippen molar-refractivity contribution in [2.45, 2.75) is 25.2 Å². The van der Waals surface area contributed by atoms with Crippen LogP contribution in [0.5, 0.6) is 0 Å². The summed E-state index contributed by atoms with van der Waals surface area (Å²) in [5, 5.41) is 10.5. The van der Waals surface area contributed by atoms with Crippen LogP contribution >= 0.6 is 11.3 Å². The van der Waals surface area contributed by atoms with Gasteiger partial charge in [0.1, 0.15) is 0 Å². The Kier molecular flexibility index (Phi) is 4.21. The molecule has 0 spiro atoms. The van der Waals surface area contributed by atoms with Crippen LogP contribution in [0.3, 0.4) is 0 Å². The van der Waals surface area contributed by atoms with E-state index < -0.39 is 5.97 Å². The summed E-state index contributed by atoms with van der Waals surface area (Å²) in [6, 6.07) is 3.96. The third kappa shape index (κ3) is 3.23. The first-order valence-corrected chi connectivity index (χ1v) is 5.33. The van der Waals surface area contributed by atoms with Crippen LogP contribution in [-0.4, -0.2) is 11.1 Å². The van der Waals surface area contributed by atoms with Crippen molar-refractivity contribution in [3.63, 3.8) is 0 Å². The molecule has 2 nitrogen and oxygen atoms in total. The van der Waals surface area contributed by atoms with Gasteiger partial charge >= 0.3 is 5.97 Å². The smallest absolute Gasteiger partial charge is 0.303 e. The molecule has 1 aromatic heterocycles. The van der Waals surface area contributed by atoms with Crippen molar-refractivity contribution in [3.8, 4) is 12.3 Å². The molecule has 0 saturated carbocycles. The van der Waals surface area contributed by atoms with E-state index in [-0.39, 0.29) is 12.3 Å². The molecule has 0 saturated heterocycles. The van der Waals surface area contributed by atoms with Crippen LogP contribution in [0.4, 0.5) is 0 Å². The highest BCUT2D eigenvalue weighted by molar-refractivity contribution is 7.10. The van der Waals surface area contributed by atoms with E-state index in [1.807, 2.05) is 17.5 Å². The fourth-order valence-electron chi connectivity index (χ4n) is 1.25. The Bertz CT molecular complexity index is 322. The number of hydrogen-bond donors (Lipinski definition) is 1. The fourth-order valence-corrected chi connectivity index (χ4v) is 2.08. The molecule has 0 aliphatic rings. The van der Waals surface area contributed by atoms with Gasteiger partial charge in [0.15, 0.2) is 0 Å². The molecule has 0 amide bonds. The average Bonchev–Trinajstić information content (AvgIpc) is 2.64. The Morgan fingerprint density at radius 1 is 1.71 bits per heavy atom. The van der Waals surface area contributed by atoms with Gasteiger partial charge in [0.05, 0.1) is 5.92 Å². The number of carboxylic acid groups (broad SMARTS) is 1. The second kappa shape index (κ2) is 5.46. The topological polar surface area (TPSA) is 37.3 Å². The van der Waals surface area contributed by atoms with Gasteiger partial charge in [-0.25, -0.2) is 0 Å². The number of carbonyl (C=O) groups is 1. The third-order valence-electron chi connectivity index (χ3n) is 1.97. The summed E-state index contributed by atoms with van der Waals surface area (Å²) in [5.41, 5.74) is 0. The SMILES string of the molecule is C#CC(CCCC(=O)O)c1cccs1. The zero-order valence-electron chi connectivity index (χ0n) is 7.77. The largest absolute Gasteiger partial charge is 0.481 e. The Hall–Kier alpha value is -1.27. The molecule has 0 radical (unpaired) electrons. The molecule has 1 N–H and O–H groups in total. The first-order chi connectivity index (χ1) is 6.74. The number of carboxylic acids is 1. The molecular weight excluding hydrogens is 196 g/mol. The average molecular weight is 208 g/mol. The number of aliphatic carboxylic acids is 1. The van der Waals surface area contributed by atoms with Crippen molar-refractivity contribution in [1.29, 1.82) is 0 Å². The van der Waals surface area contributed by atoms with E-state index in [1.165, 1.54) is 0 Å². The van der Waals surface area contributed by atoms with Crippen LogP contribution in [0.1, 0.15) is 30.1 Å². The quantitative estimate of drug-likeness (QED) is 0.755. The lowest BCUT2D eigenvalue weighted by Crippen LogP contribution is -1.98. The van der Waals surface area contributed by atoms with Gasteiger partial charge in [0, 0.05) is 11.3 Å². The van der Waals surface area contributed by atoms with Crippen LogP contribution in [0.25, 0.3) is 0 Å². The van der Waals surface area contributed by atoms with Gasteiger partial charge in [-0.05, 0) is 24.3 Å². The molecule has 0 aliphatic heterocycles. The summed E-state index contributed by atoms with van der Waals surface area (Å²) in [4.78, 5) is 11.5. The van der Waals surface area contributed by atoms with Crippen molar-refractivity contribution >= 4 is 17.3 Å². The first kappa shape index (κ1) is 10.8. The maximum absolute atomic E-state index is 10.3. The normalized spacial score (nSPS) is 11.9. The van der Waals surface area contributed by atoms with Crippen molar-refractivity contribution in [3.05, 3.63) is 22.4 Å². The van der Waals surface area contributed by atoms with Crippen LogP contribution in [0.15, 0.2) is 17.5 Å². The molecule has 74 valence electrons. The summed E-state index contributed by atoms with van der Waals surface area (Å²) in [7, 11) is 0. The molecular formula is C11H12O2S. The molecule has 1 aromatic rings. The van der Waals surface area contributed by atoms with E-state index in [0.717, 1.165) is 11.3 Å². The highest BCUT2D eigenvalue weighted by Gasteiger charge is 2.09. The summed E-state index contributed by atoms with van der Waals surface area (Å²) in [5.74, 6) is 2.02. The van der Waals surface area contributed by atoms with E-state index in [4.69, 9.17) is 11.5 Å². The van der Waals surface area contributed by atoms with Crippen molar-refractivity contribution in [2.75, 3.05) is 0 Å². The Morgan fingerprint density at radius 3 is 3.00 bits per heavy atom. The molecule has 0 bridgehead atoms. The number of rotatable bonds is 5. The lowest BCUT2D eigenvalue weighted by Gasteiger charge is -2.06. The second-order valence-corrected chi connectivity index (χ2v) is 4.00. The van der Waals surface area contributed by atoms with Gasteiger partial charge in [0.2, 0.25) is 0 Å². The summed E-state index contributed by atoms with van der Waals surface area (Å²) in [6.45, 7) is 0. The molecule has 1 rings (SSSR count). The van der Waals surface area contributed by atoms with Gasteiger partial charge in [-0.3, -0.25) is 4.79 Å². The minimum Gasteiger partial charge on any atom is -0.481 e. The Morgan fingerprint density at radius 2 is 2.50 bits per heavy atom. The van der Waals surface area contributed by atoms with E-state index in [0.29, 0.717) is 6.42 Å². The molecule has 0 aromatic carbocycles. The van der Waals surface area contributed by atoms with Gasteiger partial charge in [-0.15, -0.1) is 17.8 Å². The molecule has 1 heterocycles. The number of hydrogen-bond acceptors (Lipinski definition) is 2. The van der Waals surface area contributed by atoms with E-state index in [1.54, 1.807) is 11.3 Å². The molecule has 1 unspecified atom stereocenters. The molecule has 0 aliphatic carbocycles. The molecule has 1 atom stereocenters. The number of terminal acetylenes is 1. The lowest BCUT2D eigenvalue weighted by atomic mass is 10.0. The summed E-state index contributed by atoms with van der Waals surface area (Å²) in [6.07, 6.45) is 6.98. The third-order valence-corrected chi connectivity index (χ3v) is 2.96. The van der Waals surface area contributed by atoms with Crippen molar-refractivity contribution in [1.82, 2.24) is 0 Å². The summed E-state index contributed by atoms with van der Waals surface area (Å²) < 4.78 is 0. The van der Waals surface area contributed by atoms with Gasteiger partial charge in [-0.1, -0.05) is 12.0 Å². The van der Waals surface area contributed by atoms with Crippen molar-refractivity contribution < 1.29 is 9.90 Å². The summed E-state index contributed by atoms with van der Waals surface area (Å²) >= 11 is 1.62. The zero-order valence-corrected chi connectivity index (χ0v) is 8.59. The molecule has 14 heavy (non-hydrogen) atoms. The van der Waals surface area contributed by atoms with Crippen LogP contribution in [0, 0.1) is 12.3 Å². The fraction of sp³-hybridized carbons (Fsp3) is 0.364. The lowest BCUT2D eigenvalue weighted by molar-refractivity contribution is -0.137. The maximum atomic E-state index is 10.3. The standard InChI is InChI=1S/C11H12O2S/c1-2-9(5-3-7-11(12)13)10-6-4-8-14-10/h1,4,6,8-9H,3,5,7H2,(H,12,13). The van der Waals surface area contributed by atoms with Crippen LogP contribution < -0.4 is 0 Å². The van der Waals surface area contributed by atoms with E-state index >= 15 is 0 Å². The van der Waals surface area contributed by atoms with E-state index in [9.17, 15) is 4.79 Å². The van der Waals surface area contributed by atoms with Gasteiger partial charge < -0.3 is 5.11 Å². The van der Waals surface area contributed by atoms with Gasteiger partial charge in [0.25, 0.3) is 0 Å². The van der Waals surface area contributed by atoms with Crippen LogP contribution in [-0.2, 0) is 4.79 Å². The zero-order chi connectivity index (χ0) is 10.4. The van der Waals surface area contributed by atoms with Crippen molar-refractivity contribution in [2.24, 2.45) is 0 Å². The van der Waals surface area contributed by atoms with Crippen LogP contribution in [0.2, 0.25) is 0 Å². The second-order valence-electron chi connectivity index (χ2n) is 3.02. The monoisotopic (exact) mass is 208 g/mol. The van der Waals surface area contributed by atoms with E-state index in [2.05, 4.69) is 5.92 Å². The molecule has 0 fully saturated rings. The maximum Gasteiger partial charge on any atom is 0.303 e. The molecule has 3 heteroatoms. The highest BCUT2D eigenvalue weighted by Crippen LogP contribution is 2.25. The first-order valence-electron chi connectivity index (χ1n) is 4.45. The predicted octanol–water partition coefficient (Wildman–Crippen LogP) is 2.72. The van der Waals surface area contributed by atoms with Gasteiger partial charge in [-0.2, -0.15) is 0 Å². The highest BCUT2D eigenvalue weighted by atomic mass is 32.1. The minimum absolute atomic E-state index is 0.0781. The Balaban J connectivity index is 2.42.